The summed E-state index contributed by atoms with van der Waals surface area (Å²) in [7, 11) is 3.27. The number of pyridine rings is 3. The Bertz CT molecular complexity index is 5230. The topological polar surface area (TPSA) is 285 Å². The highest BCUT2D eigenvalue weighted by atomic mass is 32.1. The number of piperazine rings is 3. The van der Waals surface area contributed by atoms with Gasteiger partial charge in [-0.25, -0.2) is 14.4 Å². The lowest BCUT2D eigenvalue weighted by molar-refractivity contribution is -0.402. The number of ether oxygens (including phenoxy) is 3. The van der Waals surface area contributed by atoms with Crippen molar-refractivity contribution in [1.29, 1.82) is 0 Å². The van der Waals surface area contributed by atoms with E-state index in [9.17, 15) is 53.3 Å². The summed E-state index contributed by atoms with van der Waals surface area (Å²) < 4.78 is 30.7. The summed E-state index contributed by atoms with van der Waals surface area (Å²) in [5.74, 6) is -2.89. The number of hydrogen-bond donors (Lipinski definition) is 0. The standard InChI is InChI=1S/C32H29N3O5.C22H22N4O7.C22H23N3O4S.3CH4/c1-2-39-32(38)28-29(33-15-17-34(18-16-33)30(36)27-12-7-19-40-27)25-10-5-6-11-26(25)35(31(28)37)21-22-13-14-23-8-3-4-9-24(23)20-22;1-3-32-22(29)18-19(14-6-4-5-7-15(14)23(2)21(18)28)24-10-12-25(13-11-24)20(27)16-8-9-17(33-16)26(30)31;1-3-29-22(28)18-19(16-6-4-5-7-17(16)23(2)21(18)27)24-9-11-25(12-10-24)20(26)15-8-13-30-14-15;;;/h3-14,19-20H,2,15-18,21H2,1H3;4-9H,3,10-13H2,1-2H3;4-8,13-14H,3,9-12H2,1-2H3;3*1H4. The Morgan fingerprint density at radius 3 is 1.33 bits per heavy atom. The van der Waals surface area contributed by atoms with E-state index in [-0.39, 0.29) is 95.0 Å². The molecule has 3 amide bonds. The van der Waals surface area contributed by atoms with Crippen LogP contribution in [0.5, 0.6) is 0 Å². The van der Waals surface area contributed by atoms with Gasteiger partial charge in [0.25, 0.3) is 34.4 Å². The summed E-state index contributed by atoms with van der Waals surface area (Å²) in [5.41, 5.74) is 4.24. The summed E-state index contributed by atoms with van der Waals surface area (Å²) in [6.45, 7) is 11.0. The predicted octanol–water partition coefficient (Wildman–Crippen LogP) is 11.8. The molecule has 0 unspecified atom stereocenters. The predicted molar refractivity (Wildman–Crippen MR) is 410 cm³/mol. The lowest BCUT2D eigenvalue weighted by atomic mass is 10.0. The number of amides is 3. The van der Waals surface area contributed by atoms with Crippen LogP contribution in [0.2, 0.25) is 0 Å². The van der Waals surface area contributed by atoms with Gasteiger partial charge in [0.1, 0.15) is 21.6 Å². The van der Waals surface area contributed by atoms with Crippen LogP contribution in [0.1, 0.15) is 111 Å². The number of nitro groups is 1. The van der Waals surface area contributed by atoms with Gasteiger partial charge in [0.2, 0.25) is 0 Å². The van der Waals surface area contributed by atoms with Gasteiger partial charge in [0, 0.05) is 114 Å². The molecule has 3 fully saturated rings. The molecule has 3 saturated heterocycles. The van der Waals surface area contributed by atoms with Crippen LogP contribution in [-0.4, -0.2) is 167 Å². The maximum absolute atomic E-state index is 14.1. The van der Waals surface area contributed by atoms with Gasteiger partial charge in [-0.1, -0.05) is 113 Å². The highest BCUT2D eigenvalue weighted by molar-refractivity contribution is 7.08. The Morgan fingerprint density at radius 1 is 0.472 bits per heavy atom. The zero-order valence-corrected chi connectivity index (χ0v) is 58.1. The van der Waals surface area contributed by atoms with E-state index >= 15 is 0 Å². The number of fused-ring (bicyclic) bond motifs is 4. The van der Waals surface area contributed by atoms with Gasteiger partial charge >= 0.3 is 23.8 Å². The number of para-hydroxylation sites is 3. The average molecular weight is 1460 g/mol. The number of benzene rings is 5. The fourth-order valence-corrected chi connectivity index (χ4v) is 14.0. The number of esters is 3. The van der Waals surface area contributed by atoms with Crippen LogP contribution in [0.25, 0.3) is 43.5 Å². The van der Waals surface area contributed by atoms with Gasteiger partial charge in [0.15, 0.2) is 11.5 Å². The summed E-state index contributed by atoms with van der Waals surface area (Å²) in [6, 6.07) is 44.3. The van der Waals surface area contributed by atoms with Crippen molar-refractivity contribution in [1.82, 2.24) is 28.4 Å². The highest BCUT2D eigenvalue weighted by Crippen LogP contribution is 2.35. The van der Waals surface area contributed by atoms with Crippen LogP contribution in [0.4, 0.5) is 22.9 Å². The second-order valence-corrected chi connectivity index (χ2v) is 25.2. The molecular weight excluding hydrogens is 1380 g/mol. The number of rotatable bonds is 15. The molecule has 0 aliphatic carbocycles. The van der Waals surface area contributed by atoms with Gasteiger partial charge in [-0.05, 0) is 91.0 Å². The lowest BCUT2D eigenvalue weighted by Crippen LogP contribution is -2.49. The third kappa shape index (κ3) is 15.8. The molecule has 0 spiro atoms. The van der Waals surface area contributed by atoms with Crippen LogP contribution in [-0.2, 0) is 34.9 Å². The number of carbonyl (C=O) groups excluding carboxylic acids is 6. The average Bonchev–Trinajstić information content (AvgIpc) is 0.883. The Hall–Kier alpha value is -12.1. The molecule has 3 aliphatic rings. The molecule has 26 nitrogen and oxygen atoms in total. The first kappa shape index (κ1) is 78.0. The molecule has 11 aromatic rings. The lowest BCUT2D eigenvalue weighted by Gasteiger charge is -2.37. The number of thiophene rings is 1. The number of aryl methyl sites for hydroxylation is 2. The first-order valence-corrected chi connectivity index (χ1v) is 34.7. The van der Waals surface area contributed by atoms with Crippen LogP contribution in [0.3, 0.4) is 0 Å². The van der Waals surface area contributed by atoms with Crippen LogP contribution >= 0.6 is 11.3 Å². The molecule has 554 valence electrons. The number of carbonyl (C=O) groups is 6. The fraction of sp³-hybridized carbons (Fsp3) is 0.304. The minimum Gasteiger partial charge on any atom is -0.462 e. The summed E-state index contributed by atoms with van der Waals surface area (Å²) >= 11 is 1.50. The summed E-state index contributed by atoms with van der Waals surface area (Å²) in [5, 5.41) is 19.1. The van der Waals surface area contributed by atoms with Crippen molar-refractivity contribution in [3.05, 3.63) is 243 Å². The molecule has 0 radical (unpaired) electrons. The quantitative estimate of drug-likeness (QED) is 0.0399. The molecular formula is C79H86N10O16S. The van der Waals surface area contributed by atoms with Gasteiger partial charge < -0.3 is 66.1 Å². The van der Waals surface area contributed by atoms with E-state index in [4.69, 9.17) is 23.0 Å². The van der Waals surface area contributed by atoms with Crippen molar-refractivity contribution in [2.75, 3.05) is 113 Å². The van der Waals surface area contributed by atoms with E-state index in [1.807, 2.05) is 133 Å². The molecule has 27 heteroatoms. The third-order valence-electron chi connectivity index (χ3n) is 18.4. The van der Waals surface area contributed by atoms with Crippen molar-refractivity contribution in [2.24, 2.45) is 14.1 Å². The highest BCUT2D eigenvalue weighted by Gasteiger charge is 2.35. The van der Waals surface area contributed by atoms with Crippen LogP contribution < -0.4 is 31.4 Å². The molecule has 0 saturated carbocycles. The van der Waals surface area contributed by atoms with Crippen molar-refractivity contribution in [3.63, 3.8) is 0 Å². The minimum atomic E-state index is -0.702. The molecule has 6 aromatic heterocycles. The molecule has 0 N–H and O–H groups in total. The maximum atomic E-state index is 14.1. The van der Waals surface area contributed by atoms with Gasteiger partial charge in [0.05, 0.1) is 77.9 Å². The van der Waals surface area contributed by atoms with E-state index in [0.29, 0.717) is 106 Å². The minimum absolute atomic E-state index is 0. The van der Waals surface area contributed by atoms with Crippen LogP contribution in [0.15, 0.2) is 186 Å². The van der Waals surface area contributed by atoms with Crippen LogP contribution in [0, 0.1) is 10.1 Å². The normalized spacial score (nSPS) is 13.5. The number of aromatic nitrogens is 3. The van der Waals surface area contributed by atoms with Gasteiger partial charge in [-0.15, -0.1) is 0 Å². The zero-order chi connectivity index (χ0) is 72.6. The van der Waals surface area contributed by atoms with Crippen molar-refractivity contribution < 1.29 is 56.7 Å². The summed E-state index contributed by atoms with van der Waals surface area (Å²) in [4.78, 5) is 138. The first-order chi connectivity index (χ1) is 49.9. The second-order valence-electron chi connectivity index (χ2n) is 24.4. The van der Waals surface area contributed by atoms with Crippen molar-refractivity contribution >= 4 is 113 Å². The Labute approximate surface area is 615 Å². The van der Waals surface area contributed by atoms with E-state index in [2.05, 4.69) is 12.1 Å². The number of nitrogens with zero attached hydrogens (tertiary/aromatic N) is 10. The fourth-order valence-electron chi connectivity index (χ4n) is 13.4. The van der Waals surface area contributed by atoms with Crippen molar-refractivity contribution in [2.45, 2.75) is 49.6 Å². The number of hydrogen-bond acceptors (Lipinski definition) is 20. The molecule has 0 atom stereocenters. The van der Waals surface area contributed by atoms with E-state index in [1.54, 1.807) is 62.5 Å². The largest absolute Gasteiger partial charge is 0.462 e. The number of anilines is 3. The molecule has 0 bridgehead atoms. The molecule has 9 heterocycles. The first-order valence-electron chi connectivity index (χ1n) is 33.7. The molecule has 3 aliphatic heterocycles. The van der Waals surface area contributed by atoms with Gasteiger partial charge in [-0.3, -0.25) is 38.9 Å². The smallest absolute Gasteiger partial charge is 0.433 e. The monoisotopic (exact) mass is 1460 g/mol. The SMILES string of the molecule is C.C.C.CCOC(=O)c1c(N2CCN(C(=O)c3ccc([N+](=O)[O-])o3)CC2)c2ccccc2n(C)c1=O.CCOC(=O)c1c(N2CCN(C(=O)c3ccco3)CC2)c2ccccc2n(Cc2ccc3ccccc3c2)c1=O.CCOC(=O)c1c(N2CCN(C(=O)c3ccsc3)CC2)c2ccccc2n(C)c1=O. The Balaban J connectivity index is 0.000000183. The van der Waals surface area contributed by atoms with E-state index < -0.39 is 45.7 Å². The molecule has 106 heavy (non-hydrogen) atoms. The Kier molecular flexibility index (Phi) is 25.3. The zero-order valence-electron chi connectivity index (χ0n) is 57.3. The summed E-state index contributed by atoms with van der Waals surface area (Å²) in [6.07, 6.45) is 1.48. The van der Waals surface area contributed by atoms with E-state index in [1.165, 1.54) is 37.7 Å². The van der Waals surface area contributed by atoms with Crippen molar-refractivity contribution in [3.8, 4) is 0 Å². The van der Waals surface area contributed by atoms with E-state index in [0.717, 1.165) is 49.6 Å². The molecule has 14 rings (SSSR count). The Morgan fingerprint density at radius 2 is 0.896 bits per heavy atom. The number of furan rings is 2. The maximum Gasteiger partial charge on any atom is 0.433 e. The molecule has 5 aromatic carbocycles. The van der Waals surface area contributed by atoms with Gasteiger partial charge in [-0.2, -0.15) is 11.3 Å². The third-order valence-corrected chi connectivity index (χ3v) is 19.1. The second kappa shape index (κ2) is 34.4.